The highest BCUT2D eigenvalue weighted by Crippen LogP contribution is 2.12. The van der Waals surface area contributed by atoms with Crippen LogP contribution in [-0.4, -0.2) is 44.8 Å². The number of hydrogen-bond donors (Lipinski definition) is 1. The fourth-order valence-electron chi connectivity index (χ4n) is 2.08. The molecule has 0 aliphatic carbocycles. The molecule has 114 valence electrons. The molecular weight excluding hydrogens is 272 g/mol. The van der Waals surface area contributed by atoms with Crippen LogP contribution in [0, 0.1) is 5.92 Å². The van der Waals surface area contributed by atoms with Crippen molar-refractivity contribution in [3.63, 3.8) is 0 Å². The molecule has 0 spiro atoms. The van der Waals surface area contributed by atoms with Crippen LogP contribution in [0.2, 0.25) is 5.02 Å². The predicted molar refractivity (Wildman–Crippen MR) is 86.3 cm³/mol. The van der Waals surface area contributed by atoms with E-state index in [4.69, 9.17) is 16.3 Å². The predicted octanol–water partition coefficient (Wildman–Crippen LogP) is 3.03. The molecule has 0 aliphatic rings. The van der Waals surface area contributed by atoms with Crippen LogP contribution < -0.4 is 5.32 Å². The average Bonchev–Trinajstić information content (AvgIpc) is 2.40. The highest BCUT2D eigenvalue weighted by atomic mass is 35.5. The minimum Gasteiger partial charge on any atom is -0.383 e. The average molecular weight is 299 g/mol. The lowest BCUT2D eigenvalue weighted by Crippen LogP contribution is -2.43. The van der Waals surface area contributed by atoms with Gasteiger partial charge in [0.25, 0.3) is 0 Å². The van der Waals surface area contributed by atoms with Crippen molar-refractivity contribution >= 4 is 11.6 Å². The first-order valence-electron chi connectivity index (χ1n) is 7.17. The van der Waals surface area contributed by atoms with Gasteiger partial charge in [-0.25, -0.2) is 0 Å². The van der Waals surface area contributed by atoms with Crippen LogP contribution in [0.15, 0.2) is 24.3 Å². The zero-order valence-corrected chi connectivity index (χ0v) is 13.8. The first kappa shape index (κ1) is 17.4. The lowest BCUT2D eigenvalue weighted by Gasteiger charge is -2.28. The second-order valence-electron chi connectivity index (χ2n) is 5.70. The number of rotatable bonds is 9. The van der Waals surface area contributed by atoms with E-state index in [0.717, 1.165) is 31.3 Å². The van der Waals surface area contributed by atoms with E-state index in [2.05, 4.69) is 43.2 Å². The number of nitrogens with one attached hydrogen (secondary N) is 1. The van der Waals surface area contributed by atoms with Crippen LogP contribution in [0.25, 0.3) is 0 Å². The van der Waals surface area contributed by atoms with Crippen molar-refractivity contribution in [2.24, 2.45) is 5.92 Å². The Bertz CT molecular complexity index is 367. The Morgan fingerprint density at radius 2 is 1.85 bits per heavy atom. The van der Waals surface area contributed by atoms with Gasteiger partial charge < -0.3 is 10.1 Å². The fourth-order valence-corrected chi connectivity index (χ4v) is 2.21. The first-order chi connectivity index (χ1) is 9.52. The summed E-state index contributed by atoms with van der Waals surface area (Å²) in [7, 11) is 3.89. The van der Waals surface area contributed by atoms with Gasteiger partial charge in [0.1, 0.15) is 0 Å². The molecule has 0 radical (unpaired) electrons. The number of methoxy groups -OCH3 is 1. The van der Waals surface area contributed by atoms with Crippen LogP contribution in [0.3, 0.4) is 0 Å². The van der Waals surface area contributed by atoms with Gasteiger partial charge in [-0.3, -0.25) is 4.90 Å². The van der Waals surface area contributed by atoms with Crippen LogP contribution >= 0.6 is 11.6 Å². The van der Waals surface area contributed by atoms with Gasteiger partial charge in [-0.05, 0) is 37.2 Å². The summed E-state index contributed by atoms with van der Waals surface area (Å²) in [5.41, 5.74) is 1.27. The molecule has 1 rings (SSSR count). The second kappa shape index (κ2) is 9.35. The Kier molecular flexibility index (Phi) is 8.15. The van der Waals surface area contributed by atoms with Gasteiger partial charge in [-0.2, -0.15) is 0 Å². The highest BCUT2D eigenvalue weighted by Gasteiger charge is 2.14. The Hall–Kier alpha value is -0.610. The minimum atomic E-state index is 0.370. The van der Waals surface area contributed by atoms with E-state index in [1.54, 1.807) is 7.11 Å². The van der Waals surface area contributed by atoms with Crippen molar-refractivity contribution < 1.29 is 4.74 Å². The van der Waals surface area contributed by atoms with Crippen molar-refractivity contribution in [1.82, 2.24) is 10.2 Å². The fraction of sp³-hybridized carbons (Fsp3) is 0.625. The maximum absolute atomic E-state index is 5.92. The topological polar surface area (TPSA) is 24.5 Å². The van der Waals surface area contributed by atoms with Crippen molar-refractivity contribution in [3.05, 3.63) is 34.9 Å². The van der Waals surface area contributed by atoms with Gasteiger partial charge in [0, 0.05) is 31.3 Å². The van der Waals surface area contributed by atoms with E-state index in [1.165, 1.54) is 5.56 Å². The summed E-state index contributed by atoms with van der Waals surface area (Å²) in [5.74, 6) is 0.666. The Morgan fingerprint density at radius 3 is 2.40 bits per heavy atom. The molecule has 0 amide bonds. The normalized spacial score (nSPS) is 13.2. The van der Waals surface area contributed by atoms with E-state index in [0.29, 0.717) is 12.0 Å². The maximum Gasteiger partial charge on any atom is 0.0630 e. The molecule has 0 aromatic heterocycles. The lowest BCUT2D eigenvalue weighted by molar-refractivity contribution is 0.101. The van der Waals surface area contributed by atoms with Crippen molar-refractivity contribution in [2.75, 3.05) is 33.9 Å². The lowest BCUT2D eigenvalue weighted by atomic mass is 10.1. The van der Waals surface area contributed by atoms with Crippen molar-refractivity contribution in [1.29, 1.82) is 0 Å². The van der Waals surface area contributed by atoms with E-state index < -0.39 is 0 Å². The smallest absolute Gasteiger partial charge is 0.0630 e. The number of ether oxygens (including phenoxy) is 1. The highest BCUT2D eigenvalue weighted by molar-refractivity contribution is 6.30. The van der Waals surface area contributed by atoms with E-state index in [-0.39, 0.29) is 0 Å². The molecule has 0 heterocycles. The maximum atomic E-state index is 5.92. The molecule has 1 unspecified atom stereocenters. The molecule has 3 nitrogen and oxygen atoms in total. The summed E-state index contributed by atoms with van der Waals surface area (Å²) in [4.78, 5) is 2.32. The van der Waals surface area contributed by atoms with Gasteiger partial charge in [0.2, 0.25) is 0 Å². The standard InChI is InChI=1S/C16H27ClN2O/c1-13(2)9-18-10-16(12-20-4)19(3)11-14-5-7-15(17)8-6-14/h5-8,13,16,18H,9-12H2,1-4H3. The Balaban J connectivity index is 2.49. The summed E-state index contributed by atoms with van der Waals surface area (Å²) >= 11 is 5.92. The molecule has 1 atom stereocenters. The third kappa shape index (κ3) is 6.71. The molecule has 0 aliphatic heterocycles. The van der Waals surface area contributed by atoms with Gasteiger partial charge >= 0.3 is 0 Å². The SMILES string of the molecule is COCC(CNCC(C)C)N(C)Cc1ccc(Cl)cc1. The number of benzene rings is 1. The molecule has 0 saturated carbocycles. The van der Waals surface area contributed by atoms with E-state index >= 15 is 0 Å². The summed E-state index contributed by atoms with van der Waals surface area (Å²) in [6, 6.07) is 8.39. The molecule has 20 heavy (non-hydrogen) atoms. The first-order valence-corrected chi connectivity index (χ1v) is 7.55. The Morgan fingerprint density at radius 1 is 1.20 bits per heavy atom. The minimum absolute atomic E-state index is 0.370. The third-order valence-electron chi connectivity index (χ3n) is 3.26. The van der Waals surface area contributed by atoms with Crippen LogP contribution in [0.4, 0.5) is 0 Å². The summed E-state index contributed by atoms with van der Waals surface area (Å²) < 4.78 is 5.34. The van der Waals surface area contributed by atoms with E-state index in [9.17, 15) is 0 Å². The van der Waals surface area contributed by atoms with E-state index in [1.807, 2.05) is 12.1 Å². The zero-order chi connectivity index (χ0) is 15.0. The van der Waals surface area contributed by atoms with Crippen LogP contribution in [0.5, 0.6) is 0 Å². The summed E-state index contributed by atoms with van der Waals surface area (Å²) in [6.07, 6.45) is 0. The summed E-state index contributed by atoms with van der Waals surface area (Å²) in [6.45, 7) is 8.04. The molecular formula is C16H27ClN2O. The van der Waals surface area contributed by atoms with Gasteiger partial charge in [-0.1, -0.05) is 37.6 Å². The molecule has 0 saturated heterocycles. The number of hydrogen-bond acceptors (Lipinski definition) is 3. The summed E-state index contributed by atoms with van der Waals surface area (Å²) in [5, 5.41) is 4.28. The van der Waals surface area contributed by atoms with Crippen molar-refractivity contribution in [2.45, 2.75) is 26.4 Å². The third-order valence-corrected chi connectivity index (χ3v) is 3.51. The van der Waals surface area contributed by atoms with Gasteiger partial charge in [0.05, 0.1) is 6.61 Å². The monoisotopic (exact) mass is 298 g/mol. The van der Waals surface area contributed by atoms with Crippen molar-refractivity contribution in [3.8, 4) is 0 Å². The number of likely N-dealkylation sites (N-methyl/N-ethyl adjacent to an activating group) is 1. The second-order valence-corrected chi connectivity index (χ2v) is 6.14. The van der Waals surface area contributed by atoms with Gasteiger partial charge in [0.15, 0.2) is 0 Å². The molecule has 4 heteroatoms. The molecule has 1 aromatic rings. The van der Waals surface area contributed by atoms with Crippen LogP contribution in [-0.2, 0) is 11.3 Å². The zero-order valence-electron chi connectivity index (χ0n) is 13.0. The quantitative estimate of drug-likeness (QED) is 0.758. The van der Waals surface area contributed by atoms with Crippen LogP contribution in [0.1, 0.15) is 19.4 Å². The molecule has 0 bridgehead atoms. The molecule has 1 N–H and O–H groups in total. The number of halogens is 1. The molecule has 0 fully saturated rings. The Labute approximate surface area is 128 Å². The largest absolute Gasteiger partial charge is 0.383 e. The van der Waals surface area contributed by atoms with Gasteiger partial charge in [-0.15, -0.1) is 0 Å². The number of nitrogens with zero attached hydrogens (tertiary/aromatic N) is 1. The molecule has 1 aromatic carbocycles.